The maximum absolute atomic E-state index is 12.3. The Morgan fingerprint density at radius 2 is 1.65 bits per heavy atom. The summed E-state index contributed by atoms with van der Waals surface area (Å²) in [5.41, 5.74) is 4.16. The van der Waals surface area contributed by atoms with Crippen molar-refractivity contribution in [2.75, 3.05) is 20.3 Å². The number of amides is 1. The molecule has 0 radical (unpaired) electrons. The summed E-state index contributed by atoms with van der Waals surface area (Å²) < 4.78 is 10.4. The molecule has 3 aromatic rings. The van der Waals surface area contributed by atoms with E-state index in [9.17, 15) is 24.9 Å². The van der Waals surface area contributed by atoms with E-state index in [2.05, 4.69) is 5.32 Å². The van der Waals surface area contributed by atoms with Crippen LogP contribution in [0.1, 0.15) is 39.1 Å². The monoisotopic (exact) mass is 463 g/mol. The van der Waals surface area contributed by atoms with E-state index in [1.165, 1.54) is 19.2 Å². The lowest BCUT2D eigenvalue weighted by Gasteiger charge is -2.22. The van der Waals surface area contributed by atoms with Gasteiger partial charge in [-0.05, 0) is 34.4 Å². The number of carbonyl (C=O) groups is 2. The minimum absolute atomic E-state index is 0.00834. The zero-order valence-electron chi connectivity index (χ0n) is 18.5. The van der Waals surface area contributed by atoms with Gasteiger partial charge >= 0.3 is 6.09 Å². The van der Waals surface area contributed by atoms with Crippen LogP contribution in [0.4, 0.5) is 4.79 Å². The third kappa shape index (κ3) is 4.33. The van der Waals surface area contributed by atoms with Gasteiger partial charge in [-0.1, -0.05) is 48.5 Å². The first-order chi connectivity index (χ1) is 16.5. The van der Waals surface area contributed by atoms with Gasteiger partial charge in [0.25, 0.3) is 0 Å². The number of hydrogen-bond acceptors (Lipinski definition) is 7. The average Bonchev–Trinajstić information content (AvgIpc) is 3.19. The lowest BCUT2D eigenvalue weighted by molar-refractivity contribution is 0.0167. The molecule has 0 saturated heterocycles. The summed E-state index contributed by atoms with van der Waals surface area (Å²) in [6.07, 6.45) is -3.48. The Morgan fingerprint density at radius 1 is 1.03 bits per heavy atom. The first-order valence-corrected chi connectivity index (χ1v) is 10.8. The van der Waals surface area contributed by atoms with Gasteiger partial charge in [0, 0.05) is 23.6 Å². The first-order valence-electron chi connectivity index (χ1n) is 10.8. The predicted molar refractivity (Wildman–Crippen MR) is 124 cm³/mol. The molecule has 8 nitrogen and oxygen atoms in total. The number of aliphatic hydroxyl groups is 2. The summed E-state index contributed by atoms with van der Waals surface area (Å²) >= 11 is 0. The van der Waals surface area contributed by atoms with Gasteiger partial charge in [0.05, 0.1) is 7.11 Å². The highest BCUT2D eigenvalue weighted by atomic mass is 16.5. The van der Waals surface area contributed by atoms with Gasteiger partial charge in [0.1, 0.15) is 18.8 Å². The van der Waals surface area contributed by atoms with Crippen LogP contribution in [-0.2, 0) is 4.74 Å². The smallest absolute Gasteiger partial charge is 0.407 e. The third-order valence-corrected chi connectivity index (χ3v) is 6.02. The molecule has 0 heterocycles. The van der Waals surface area contributed by atoms with Crippen molar-refractivity contribution in [2.45, 2.75) is 18.1 Å². The molecule has 1 amide bonds. The molecule has 0 aromatic heterocycles. The number of aromatic hydroxyl groups is 1. The number of rotatable bonds is 8. The Morgan fingerprint density at radius 3 is 2.24 bits per heavy atom. The number of phenolic OH excluding ortho intramolecular Hbond substituents is 1. The van der Waals surface area contributed by atoms with Crippen LogP contribution in [0.2, 0.25) is 0 Å². The lowest BCUT2D eigenvalue weighted by atomic mass is 9.97. The summed E-state index contributed by atoms with van der Waals surface area (Å²) in [5.74, 6) is -0.534. The van der Waals surface area contributed by atoms with Gasteiger partial charge in [0.15, 0.2) is 17.8 Å². The van der Waals surface area contributed by atoms with E-state index in [1.54, 1.807) is 0 Å². The molecule has 34 heavy (non-hydrogen) atoms. The number of benzene rings is 3. The number of fused-ring (bicyclic) bond motifs is 3. The molecular weight excluding hydrogens is 438 g/mol. The zero-order chi connectivity index (χ0) is 24.2. The van der Waals surface area contributed by atoms with Crippen LogP contribution in [0.5, 0.6) is 11.5 Å². The van der Waals surface area contributed by atoms with Crippen molar-refractivity contribution >= 4 is 12.4 Å². The maximum Gasteiger partial charge on any atom is 0.407 e. The number of ether oxygens (including phenoxy) is 2. The van der Waals surface area contributed by atoms with Crippen molar-refractivity contribution in [1.29, 1.82) is 0 Å². The molecule has 1 aliphatic rings. The van der Waals surface area contributed by atoms with E-state index in [0.29, 0.717) is 6.29 Å². The second-order valence-corrected chi connectivity index (χ2v) is 7.96. The number of methoxy groups -OCH3 is 1. The quantitative estimate of drug-likeness (QED) is 0.378. The molecule has 2 atom stereocenters. The lowest BCUT2D eigenvalue weighted by Crippen LogP contribution is -2.36. The van der Waals surface area contributed by atoms with Crippen molar-refractivity contribution in [1.82, 2.24) is 5.32 Å². The van der Waals surface area contributed by atoms with E-state index in [4.69, 9.17) is 9.47 Å². The molecule has 3 aromatic carbocycles. The minimum atomic E-state index is -1.65. The van der Waals surface area contributed by atoms with E-state index in [0.717, 1.165) is 22.3 Å². The summed E-state index contributed by atoms with van der Waals surface area (Å²) in [6, 6.07) is 18.6. The standard InChI is InChI=1S/C26H25NO7/c1-33-22-11-10-15(13-28)23(25(22)31)24(30)21(29)12-27-26(32)34-14-20-18-8-4-2-6-16(18)17-7-3-5-9-19(17)20/h2-11,13,20-21,24,29-31H,12,14H2,1H3,(H,27,32). The van der Waals surface area contributed by atoms with E-state index < -0.39 is 24.1 Å². The molecule has 1 aliphatic carbocycles. The van der Waals surface area contributed by atoms with Crippen molar-refractivity contribution in [3.05, 3.63) is 82.9 Å². The fraction of sp³-hybridized carbons (Fsp3) is 0.231. The van der Waals surface area contributed by atoms with Crippen LogP contribution in [-0.4, -0.2) is 54.1 Å². The van der Waals surface area contributed by atoms with Gasteiger partial charge < -0.3 is 30.1 Å². The summed E-state index contributed by atoms with van der Waals surface area (Å²) in [5, 5.41) is 33.6. The zero-order valence-corrected chi connectivity index (χ0v) is 18.5. The van der Waals surface area contributed by atoms with E-state index in [1.807, 2.05) is 48.5 Å². The summed E-state index contributed by atoms with van der Waals surface area (Å²) in [7, 11) is 1.32. The highest BCUT2D eigenvalue weighted by Crippen LogP contribution is 2.44. The first kappa shape index (κ1) is 23.3. The normalized spacial score (nSPS) is 14.0. The van der Waals surface area contributed by atoms with Gasteiger partial charge in [-0.15, -0.1) is 0 Å². The molecule has 0 aliphatic heterocycles. The molecule has 0 spiro atoms. The molecule has 8 heteroatoms. The fourth-order valence-corrected chi connectivity index (χ4v) is 4.32. The third-order valence-electron chi connectivity index (χ3n) is 6.02. The molecular formula is C26H25NO7. The van der Waals surface area contributed by atoms with Crippen LogP contribution < -0.4 is 10.1 Å². The Bertz CT molecular complexity index is 1160. The number of alkyl carbamates (subject to hydrolysis) is 1. The Kier molecular flexibility index (Phi) is 6.81. The molecule has 176 valence electrons. The minimum Gasteiger partial charge on any atom is -0.504 e. The molecule has 0 fully saturated rings. The van der Waals surface area contributed by atoms with Gasteiger partial charge in [-0.25, -0.2) is 4.79 Å². The number of nitrogens with one attached hydrogen (secondary N) is 1. The van der Waals surface area contributed by atoms with E-state index >= 15 is 0 Å². The second-order valence-electron chi connectivity index (χ2n) is 7.96. The van der Waals surface area contributed by atoms with Crippen LogP contribution >= 0.6 is 0 Å². The van der Waals surface area contributed by atoms with Crippen molar-refractivity contribution in [3.8, 4) is 22.6 Å². The topological polar surface area (TPSA) is 125 Å². The molecule has 2 unspecified atom stereocenters. The summed E-state index contributed by atoms with van der Waals surface area (Å²) in [6.45, 7) is -0.267. The molecule has 4 rings (SSSR count). The Balaban J connectivity index is 1.38. The second kappa shape index (κ2) is 9.94. The number of aldehydes is 1. The van der Waals surface area contributed by atoms with E-state index in [-0.39, 0.29) is 35.9 Å². The van der Waals surface area contributed by atoms with Crippen LogP contribution in [0, 0.1) is 0 Å². The Labute approximate surface area is 196 Å². The Hall–Kier alpha value is -3.88. The highest BCUT2D eigenvalue weighted by molar-refractivity contribution is 5.80. The highest BCUT2D eigenvalue weighted by Gasteiger charge is 2.30. The number of phenols is 1. The maximum atomic E-state index is 12.3. The molecule has 0 saturated carbocycles. The number of aliphatic hydroxyl groups excluding tert-OH is 2. The van der Waals surface area contributed by atoms with Crippen LogP contribution in [0.15, 0.2) is 60.7 Å². The SMILES string of the molecule is COc1ccc(C=O)c(C(O)C(O)CNC(=O)OCC2c3ccccc3-c3ccccc32)c1O. The van der Waals surface area contributed by atoms with Crippen molar-refractivity contribution < 1.29 is 34.4 Å². The van der Waals surface area contributed by atoms with Crippen molar-refractivity contribution in [2.24, 2.45) is 0 Å². The predicted octanol–water partition coefficient (Wildman–Crippen LogP) is 3.15. The van der Waals surface area contributed by atoms with Gasteiger partial charge in [-0.3, -0.25) is 4.79 Å². The number of hydrogen-bond donors (Lipinski definition) is 4. The molecule has 0 bridgehead atoms. The van der Waals surface area contributed by atoms with Gasteiger partial charge in [0.2, 0.25) is 0 Å². The summed E-state index contributed by atoms with van der Waals surface area (Å²) in [4.78, 5) is 23.7. The molecule has 4 N–H and O–H groups in total. The van der Waals surface area contributed by atoms with Crippen LogP contribution in [0.3, 0.4) is 0 Å². The fourth-order valence-electron chi connectivity index (χ4n) is 4.32. The average molecular weight is 463 g/mol. The van der Waals surface area contributed by atoms with Crippen LogP contribution in [0.25, 0.3) is 11.1 Å². The number of carbonyl (C=O) groups excluding carboxylic acids is 2. The van der Waals surface area contributed by atoms with Gasteiger partial charge in [-0.2, -0.15) is 0 Å². The largest absolute Gasteiger partial charge is 0.504 e. The van der Waals surface area contributed by atoms with Crippen molar-refractivity contribution in [3.63, 3.8) is 0 Å².